The van der Waals surface area contributed by atoms with Crippen molar-refractivity contribution in [3.05, 3.63) is 59.1 Å². The van der Waals surface area contributed by atoms with E-state index in [1.165, 1.54) is 0 Å². The van der Waals surface area contributed by atoms with E-state index in [9.17, 15) is 4.79 Å². The van der Waals surface area contributed by atoms with E-state index in [2.05, 4.69) is 27.5 Å². The summed E-state index contributed by atoms with van der Waals surface area (Å²) in [6.07, 6.45) is 0.283. The quantitative estimate of drug-likeness (QED) is 0.769. The molecule has 0 aromatic heterocycles. The predicted molar refractivity (Wildman–Crippen MR) is 116 cm³/mol. The minimum Gasteiger partial charge on any atom is -0.368 e. The van der Waals surface area contributed by atoms with Gasteiger partial charge in [-0.25, -0.2) is 0 Å². The molecule has 2 aromatic carbocycles. The smallest absolute Gasteiger partial charge is 0.230 e. The van der Waals surface area contributed by atoms with Gasteiger partial charge in [0.1, 0.15) is 0 Å². The Morgan fingerprint density at radius 2 is 1.81 bits per heavy atom. The molecule has 0 radical (unpaired) electrons. The summed E-state index contributed by atoms with van der Waals surface area (Å²) in [6, 6.07) is 15.3. The van der Waals surface area contributed by atoms with E-state index >= 15 is 0 Å². The fourth-order valence-corrected chi connectivity index (χ4v) is 3.53. The molecule has 27 heavy (non-hydrogen) atoms. The van der Waals surface area contributed by atoms with Crippen molar-refractivity contribution in [3.63, 3.8) is 0 Å². The number of hydrogen-bond acceptors (Lipinski definition) is 4. The first-order valence-corrected chi connectivity index (χ1v) is 9.67. The molecule has 142 valence electrons. The van der Waals surface area contributed by atoms with Crippen LogP contribution in [-0.2, 0) is 11.2 Å². The van der Waals surface area contributed by atoms with Crippen molar-refractivity contribution in [2.24, 2.45) is 0 Å². The molecule has 2 aromatic rings. The van der Waals surface area contributed by atoms with Gasteiger partial charge in [0.05, 0.1) is 17.1 Å². The maximum Gasteiger partial charge on any atom is 0.230 e. The minimum absolute atomic E-state index is 0.154. The van der Waals surface area contributed by atoms with Crippen LogP contribution < -0.4 is 15.5 Å². The third kappa shape index (κ3) is 5.66. The van der Waals surface area contributed by atoms with Crippen LogP contribution in [0.3, 0.4) is 0 Å². The standard InChI is InChI=1S/C20H23ClN4OS/c1-24-9-11-25(12-10-24)18-8-7-16(14-17(18)21)22-20(27)23-19(26)13-15-5-3-2-4-6-15/h2-8,14H,9-13H2,1H3,(H2,22,23,26,27). The van der Waals surface area contributed by atoms with Crippen LogP contribution in [0.4, 0.5) is 11.4 Å². The number of nitrogens with one attached hydrogen (secondary N) is 2. The second-order valence-corrected chi connectivity index (χ2v) is 7.44. The lowest BCUT2D eigenvalue weighted by atomic mass is 10.1. The number of benzene rings is 2. The van der Waals surface area contributed by atoms with E-state index in [0.717, 1.165) is 43.1 Å². The SMILES string of the molecule is CN1CCN(c2ccc(NC(=S)NC(=O)Cc3ccccc3)cc2Cl)CC1. The third-order valence-corrected chi connectivity index (χ3v) is 5.02. The number of carbonyl (C=O) groups is 1. The van der Waals surface area contributed by atoms with Gasteiger partial charge in [0.25, 0.3) is 0 Å². The van der Waals surface area contributed by atoms with E-state index in [1.807, 2.05) is 48.5 Å². The molecular weight excluding hydrogens is 380 g/mol. The number of hydrogen-bond donors (Lipinski definition) is 2. The summed E-state index contributed by atoms with van der Waals surface area (Å²) in [5.74, 6) is -0.154. The summed E-state index contributed by atoms with van der Waals surface area (Å²) < 4.78 is 0. The van der Waals surface area contributed by atoms with Crippen LogP contribution in [0.2, 0.25) is 5.02 Å². The van der Waals surface area contributed by atoms with Crippen molar-refractivity contribution in [2.45, 2.75) is 6.42 Å². The molecule has 1 amide bonds. The highest BCUT2D eigenvalue weighted by molar-refractivity contribution is 7.80. The molecule has 1 heterocycles. The summed E-state index contributed by atoms with van der Waals surface area (Å²) in [5.41, 5.74) is 2.72. The van der Waals surface area contributed by atoms with Crippen LogP contribution in [0.25, 0.3) is 0 Å². The summed E-state index contributed by atoms with van der Waals surface area (Å²) in [6.45, 7) is 3.95. The number of nitrogens with zero attached hydrogens (tertiary/aromatic N) is 2. The molecule has 0 atom stereocenters. The number of likely N-dealkylation sites (N-methyl/N-ethyl adjacent to an activating group) is 1. The van der Waals surface area contributed by atoms with Gasteiger partial charge in [-0.05, 0) is 43.0 Å². The number of halogens is 1. The average molecular weight is 403 g/mol. The van der Waals surface area contributed by atoms with Crippen molar-refractivity contribution in [3.8, 4) is 0 Å². The zero-order valence-corrected chi connectivity index (χ0v) is 16.8. The molecule has 7 heteroatoms. The van der Waals surface area contributed by atoms with Crippen molar-refractivity contribution in [2.75, 3.05) is 43.4 Å². The second-order valence-electron chi connectivity index (χ2n) is 6.62. The van der Waals surface area contributed by atoms with Gasteiger partial charge >= 0.3 is 0 Å². The average Bonchev–Trinajstić information content (AvgIpc) is 2.63. The first-order chi connectivity index (χ1) is 13.0. The fraction of sp³-hybridized carbons (Fsp3) is 0.300. The van der Waals surface area contributed by atoms with E-state index in [-0.39, 0.29) is 17.4 Å². The van der Waals surface area contributed by atoms with Gasteiger partial charge in [-0.1, -0.05) is 41.9 Å². The number of thiocarbonyl (C=S) groups is 1. The van der Waals surface area contributed by atoms with Crippen LogP contribution >= 0.6 is 23.8 Å². The zero-order valence-electron chi connectivity index (χ0n) is 15.2. The highest BCUT2D eigenvalue weighted by Gasteiger charge is 2.17. The van der Waals surface area contributed by atoms with Gasteiger partial charge in [-0.2, -0.15) is 0 Å². The Labute approximate surface area is 170 Å². The van der Waals surface area contributed by atoms with Crippen molar-refractivity contribution < 1.29 is 4.79 Å². The zero-order chi connectivity index (χ0) is 19.2. The van der Waals surface area contributed by atoms with Gasteiger partial charge < -0.3 is 20.4 Å². The molecule has 0 spiro atoms. The van der Waals surface area contributed by atoms with Crippen molar-refractivity contribution in [1.82, 2.24) is 10.2 Å². The first kappa shape index (κ1) is 19.6. The molecule has 1 fully saturated rings. The molecule has 0 bridgehead atoms. The Bertz CT molecular complexity index is 807. The Kier molecular flexibility index (Phi) is 6.66. The summed E-state index contributed by atoms with van der Waals surface area (Å²) >= 11 is 11.7. The lowest BCUT2D eigenvalue weighted by molar-refractivity contribution is -0.119. The normalized spacial score (nSPS) is 14.7. The van der Waals surface area contributed by atoms with Gasteiger partial charge in [-0.15, -0.1) is 0 Å². The molecule has 3 rings (SSSR count). The molecule has 5 nitrogen and oxygen atoms in total. The lowest BCUT2D eigenvalue weighted by Gasteiger charge is -2.34. The number of piperazine rings is 1. The lowest BCUT2D eigenvalue weighted by Crippen LogP contribution is -2.44. The van der Waals surface area contributed by atoms with E-state index in [0.29, 0.717) is 5.02 Å². The van der Waals surface area contributed by atoms with Gasteiger partial charge in [-0.3, -0.25) is 4.79 Å². The minimum atomic E-state index is -0.154. The summed E-state index contributed by atoms with van der Waals surface area (Å²) in [7, 11) is 2.12. The van der Waals surface area contributed by atoms with Crippen molar-refractivity contribution in [1.29, 1.82) is 0 Å². The summed E-state index contributed by atoms with van der Waals surface area (Å²) in [5, 5.41) is 6.66. The number of rotatable bonds is 4. The van der Waals surface area contributed by atoms with Crippen LogP contribution in [0.5, 0.6) is 0 Å². The monoisotopic (exact) mass is 402 g/mol. The maximum atomic E-state index is 12.1. The number of anilines is 2. The third-order valence-electron chi connectivity index (χ3n) is 4.51. The first-order valence-electron chi connectivity index (χ1n) is 8.89. The van der Waals surface area contributed by atoms with Crippen molar-refractivity contribution >= 4 is 46.2 Å². The summed E-state index contributed by atoms with van der Waals surface area (Å²) in [4.78, 5) is 16.7. The van der Waals surface area contributed by atoms with Crippen LogP contribution in [0.15, 0.2) is 48.5 Å². The molecule has 0 unspecified atom stereocenters. The topological polar surface area (TPSA) is 47.6 Å². The second kappa shape index (κ2) is 9.17. The highest BCUT2D eigenvalue weighted by Crippen LogP contribution is 2.29. The van der Waals surface area contributed by atoms with Gasteiger partial charge in [0.15, 0.2) is 5.11 Å². The van der Waals surface area contributed by atoms with Gasteiger partial charge in [0.2, 0.25) is 5.91 Å². The Balaban J connectivity index is 1.55. The molecule has 1 aliphatic rings. The Morgan fingerprint density at radius 1 is 1.11 bits per heavy atom. The Hall–Kier alpha value is -2.15. The van der Waals surface area contributed by atoms with E-state index in [1.54, 1.807) is 0 Å². The fourth-order valence-electron chi connectivity index (χ4n) is 3.00. The molecule has 1 aliphatic heterocycles. The van der Waals surface area contributed by atoms with E-state index in [4.69, 9.17) is 23.8 Å². The predicted octanol–water partition coefficient (Wildman–Crippen LogP) is 3.15. The number of carbonyl (C=O) groups excluding carboxylic acids is 1. The molecule has 0 aliphatic carbocycles. The van der Waals surface area contributed by atoms with Crippen LogP contribution in [0, 0.1) is 0 Å². The largest absolute Gasteiger partial charge is 0.368 e. The maximum absolute atomic E-state index is 12.1. The molecular formula is C20H23ClN4OS. The highest BCUT2D eigenvalue weighted by atomic mass is 35.5. The van der Waals surface area contributed by atoms with Gasteiger partial charge in [0, 0.05) is 31.9 Å². The Morgan fingerprint density at radius 3 is 2.48 bits per heavy atom. The van der Waals surface area contributed by atoms with Crippen LogP contribution in [0.1, 0.15) is 5.56 Å². The number of amides is 1. The molecule has 2 N–H and O–H groups in total. The molecule has 0 saturated carbocycles. The van der Waals surface area contributed by atoms with E-state index < -0.39 is 0 Å². The molecule has 1 saturated heterocycles. The van der Waals surface area contributed by atoms with Crippen LogP contribution in [-0.4, -0.2) is 49.1 Å².